The van der Waals surface area contributed by atoms with Crippen molar-refractivity contribution in [3.8, 4) is 0 Å². The summed E-state index contributed by atoms with van der Waals surface area (Å²) in [5, 5.41) is 3.19. The van der Waals surface area contributed by atoms with Gasteiger partial charge in [0.05, 0.1) is 5.56 Å². The van der Waals surface area contributed by atoms with E-state index >= 15 is 0 Å². The SMILES string of the molecule is CNCCC1CCN(C(=O)c2ccccc2C(=O)c2ccccc2)CC1. The minimum atomic E-state index is -0.0987. The number of benzene rings is 2. The number of carbonyl (C=O) groups excluding carboxylic acids is 2. The highest BCUT2D eigenvalue weighted by Crippen LogP contribution is 2.23. The summed E-state index contributed by atoms with van der Waals surface area (Å²) in [6.45, 7) is 2.55. The van der Waals surface area contributed by atoms with Crippen molar-refractivity contribution in [2.45, 2.75) is 19.3 Å². The molecule has 0 radical (unpaired) electrons. The lowest BCUT2D eigenvalue weighted by molar-refractivity contribution is 0.0683. The fourth-order valence-corrected chi connectivity index (χ4v) is 3.56. The summed E-state index contributed by atoms with van der Waals surface area (Å²) in [6.07, 6.45) is 3.21. The number of likely N-dealkylation sites (tertiary alicyclic amines) is 1. The summed E-state index contributed by atoms with van der Waals surface area (Å²) in [6, 6.07) is 16.3. The lowest BCUT2D eigenvalue weighted by Gasteiger charge is -2.32. The number of hydrogen-bond acceptors (Lipinski definition) is 3. The number of piperidine rings is 1. The van der Waals surface area contributed by atoms with Gasteiger partial charge in [-0.15, -0.1) is 0 Å². The predicted molar refractivity (Wildman–Crippen MR) is 103 cm³/mol. The minimum absolute atomic E-state index is 0.0306. The van der Waals surface area contributed by atoms with Crippen LogP contribution in [0.15, 0.2) is 54.6 Å². The Kier molecular flexibility index (Phi) is 6.18. The number of rotatable bonds is 6. The molecule has 0 aliphatic carbocycles. The molecular formula is C22H26N2O2. The van der Waals surface area contributed by atoms with Gasteiger partial charge in [0.15, 0.2) is 5.78 Å². The number of nitrogens with one attached hydrogen (secondary N) is 1. The Labute approximate surface area is 155 Å². The summed E-state index contributed by atoms with van der Waals surface area (Å²) in [5.41, 5.74) is 1.61. The molecule has 4 nitrogen and oxygen atoms in total. The van der Waals surface area contributed by atoms with Gasteiger partial charge in [-0.05, 0) is 44.8 Å². The first-order valence-electron chi connectivity index (χ1n) is 9.33. The van der Waals surface area contributed by atoms with Crippen molar-refractivity contribution in [3.63, 3.8) is 0 Å². The van der Waals surface area contributed by atoms with Crippen LogP contribution in [0.25, 0.3) is 0 Å². The zero-order valence-corrected chi connectivity index (χ0v) is 15.3. The topological polar surface area (TPSA) is 49.4 Å². The van der Waals surface area contributed by atoms with Crippen LogP contribution in [-0.4, -0.2) is 43.3 Å². The van der Waals surface area contributed by atoms with Crippen molar-refractivity contribution in [3.05, 3.63) is 71.3 Å². The molecule has 2 aromatic carbocycles. The molecule has 2 aromatic rings. The molecule has 0 saturated carbocycles. The van der Waals surface area contributed by atoms with Gasteiger partial charge in [-0.3, -0.25) is 9.59 Å². The molecule has 0 bridgehead atoms. The van der Waals surface area contributed by atoms with Gasteiger partial charge in [-0.1, -0.05) is 48.5 Å². The third-order valence-corrected chi connectivity index (χ3v) is 5.14. The standard InChI is InChI=1S/C22H26N2O2/c1-23-14-11-17-12-15-24(16-13-17)22(26)20-10-6-5-9-19(20)21(25)18-7-3-2-4-8-18/h2-10,17,23H,11-16H2,1H3. The van der Waals surface area contributed by atoms with Gasteiger partial charge < -0.3 is 10.2 Å². The first-order chi connectivity index (χ1) is 12.7. The Hall–Kier alpha value is -2.46. The number of hydrogen-bond donors (Lipinski definition) is 1. The molecule has 1 aliphatic rings. The second kappa shape index (κ2) is 8.77. The number of carbonyl (C=O) groups is 2. The second-order valence-electron chi connectivity index (χ2n) is 6.87. The van der Waals surface area contributed by atoms with Gasteiger partial charge in [0.25, 0.3) is 5.91 Å². The Morgan fingerprint density at radius 1 is 0.962 bits per heavy atom. The molecule has 0 aromatic heterocycles. The number of nitrogens with zero attached hydrogens (tertiary/aromatic N) is 1. The van der Waals surface area contributed by atoms with Crippen molar-refractivity contribution in [1.29, 1.82) is 0 Å². The van der Waals surface area contributed by atoms with Crippen molar-refractivity contribution < 1.29 is 9.59 Å². The van der Waals surface area contributed by atoms with Crippen LogP contribution in [0, 0.1) is 5.92 Å². The molecule has 26 heavy (non-hydrogen) atoms. The van der Waals surface area contributed by atoms with Crippen molar-refractivity contribution in [2.75, 3.05) is 26.7 Å². The fourth-order valence-electron chi connectivity index (χ4n) is 3.56. The summed E-state index contributed by atoms with van der Waals surface area (Å²) in [4.78, 5) is 27.8. The van der Waals surface area contributed by atoms with E-state index in [1.165, 1.54) is 0 Å². The molecule has 0 atom stereocenters. The van der Waals surface area contributed by atoms with Crippen LogP contribution in [0.2, 0.25) is 0 Å². The quantitative estimate of drug-likeness (QED) is 0.813. The maximum atomic E-state index is 13.0. The van der Waals surface area contributed by atoms with E-state index in [0.717, 1.165) is 38.9 Å². The molecule has 1 heterocycles. The molecule has 1 saturated heterocycles. The van der Waals surface area contributed by atoms with Gasteiger partial charge in [0.2, 0.25) is 0 Å². The normalized spacial score (nSPS) is 15.0. The van der Waals surface area contributed by atoms with Gasteiger partial charge in [-0.25, -0.2) is 0 Å². The first kappa shape index (κ1) is 18.3. The second-order valence-corrected chi connectivity index (χ2v) is 6.87. The molecule has 1 fully saturated rings. The summed E-state index contributed by atoms with van der Waals surface area (Å²) >= 11 is 0. The molecule has 4 heteroatoms. The smallest absolute Gasteiger partial charge is 0.254 e. The average Bonchev–Trinajstić information content (AvgIpc) is 2.72. The maximum absolute atomic E-state index is 13.0. The molecule has 0 spiro atoms. The fraction of sp³-hybridized carbons (Fsp3) is 0.364. The Morgan fingerprint density at radius 3 is 2.23 bits per heavy atom. The lowest BCUT2D eigenvalue weighted by Crippen LogP contribution is -2.39. The van der Waals surface area contributed by atoms with Crippen LogP contribution in [0.4, 0.5) is 0 Å². The molecule has 1 amide bonds. The Bertz CT molecular complexity index is 750. The molecule has 1 aliphatic heterocycles. The van der Waals surface area contributed by atoms with Crippen LogP contribution in [0.1, 0.15) is 45.5 Å². The van der Waals surface area contributed by atoms with Crippen LogP contribution in [-0.2, 0) is 0 Å². The monoisotopic (exact) mass is 350 g/mol. The molecule has 136 valence electrons. The van der Waals surface area contributed by atoms with Crippen molar-refractivity contribution in [1.82, 2.24) is 10.2 Å². The largest absolute Gasteiger partial charge is 0.339 e. The van der Waals surface area contributed by atoms with E-state index in [2.05, 4.69) is 5.32 Å². The molecular weight excluding hydrogens is 324 g/mol. The van der Waals surface area contributed by atoms with Gasteiger partial charge >= 0.3 is 0 Å². The maximum Gasteiger partial charge on any atom is 0.254 e. The number of ketones is 1. The predicted octanol–water partition coefficient (Wildman–Crippen LogP) is 3.38. The van der Waals surface area contributed by atoms with E-state index in [1.807, 2.05) is 42.3 Å². The van der Waals surface area contributed by atoms with Gasteiger partial charge in [0.1, 0.15) is 0 Å². The molecule has 0 unspecified atom stereocenters. The lowest BCUT2D eigenvalue weighted by atomic mass is 9.92. The summed E-state index contributed by atoms with van der Waals surface area (Å²) < 4.78 is 0. The van der Waals surface area contributed by atoms with Crippen molar-refractivity contribution >= 4 is 11.7 Å². The Balaban J connectivity index is 1.74. The highest BCUT2D eigenvalue weighted by atomic mass is 16.2. The van der Waals surface area contributed by atoms with E-state index in [1.54, 1.807) is 24.3 Å². The zero-order chi connectivity index (χ0) is 18.4. The third kappa shape index (κ3) is 4.20. The van der Waals surface area contributed by atoms with E-state index in [-0.39, 0.29) is 11.7 Å². The van der Waals surface area contributed by atoms with Crippen molar-refractivity contribution in [2.24, 2.45) is 5.92 Å². The number of amides is 1. The van der Waals surface area contributed by atoms with E-state index < -0.39 is 0 Å². The van der Waals surface area contributed by atoms with E-state index in [9.17, 15) is 9.59 Å². The van der Waals surface area contributed by atoms with E-state index in [4.69, 9.17) is 0 Å². The highest BCUT2D eigenvalue weighted by molar-refractivity contribution is 6.15. The molecule has 1 N–H and O–H groups in total. The highest BCUT2D eigenvalue weighted by Gasteiger charge is 2.26. The van der Waals surface area contributed by atoms with Crippen LogP contribution in [0.3, 0.4) is 0 Å². The van der Waals surface area contributed by atoms with Crippen LogP contribution >= 0.6 is 0 Å². The summed E-state index contributed by atoms with van der Waals surface area (Å²) in [7, 11) is 1.97. The Morgan fingerprint density at radius 2 is 1.58 bits per heavy atom. The minimum Gasteiger partial charge on any atom is -0.339 e. The third-order valence-electron chi connectivity index (χ3n) is 5.14. The van der Waals surface area contributed by atoms with Crippen LogP contribution in [0.5, 0.6) is 0 Å². The van der Waals surface area contributed by atoms with Crippen LogP contribution < -0.4 is 5.32 Å². The van der Waals surface area contributed by atoms with Gasteiger partial charge in [0, 0.05) is 24.2 Å². The first-order valence-corrected chi connectivity index (χ1v) is 9.33. The van der Waals surface area contributed by atoms with Gasteiger partial charge in [-0.2, -0.15) is 0 Å². The average molecular weight is 350 g/mol. The molecule has 3 rings (SSSR count). The van der Waals surface area contributed by atoms with E-state index in [0.29, 0.717) is 22.6 Å². The zero-order valence-electron chi connectivity index (χ0n) is 15.3. The summed E-state index contributed by atoms with van der Waals surface area (Å²) in [5.74, 6) is 0.545.